The Bertz CT molecular complexity index is 1210. The SMILES string of the molecule is CS(=O)(=O)C1NCCc2cc(CN3CCC(Nc4cccc5cnccc45)C3)ccc21. The molecule has 2 N–H and O–H groups in total. The number of pyridine rings is 1. The lowest BCUT2D eigenvalue weighted by atomic mass is 9.98. The van der Waals surface area contributed by atoms with Gasteiger partial charge in [0.2, 0.25) is 0 Å². The van der Waals surface area contributed by atoms with E-state index in [0.717, 1.165) is 49.0 Å². The molecule has 31 heavy (non-hydrogen) atoms. The maximum Gasteiger partial charge on any atom is 0.167 e. The zero-order valence-corrected chi connectivity index (χ0v) is 18.5. The Kier molecular flexibility index (Phi) is 5.42. The summed E-state index contributed by atoms with van der Waals surface area (Å²) in [6, 6.07) is 15.1. The van der Waals surface area contributed by atoms with Crippen molar-refractivity contribution < 1.29 is 8.42 Å². The van der Waals surface area contributed by atoms with Gasteiger partial charge in [0.15, 0.2) is 9.84 Å². The molecule has 0 saturated carbocycles. The molecular formula is C24H28N4O2S. The van der Waals surface area contributed by atoms with Crippen molar-refractivity contribution in [2.45, 2.75) is 30.8 Å². The number of anilines is 1. The van der Waals surface area contributed by atoms with Gasteiger partial charge in [0.1, 0.15) is 5.37 Å². The molecular weight excluding hydrogens is 408 g/mol. The molecule has 2 atom stereocenters. The third kappa shape index (κ3) is 4.31. The average molecular weight is 437 g/mol. The third-order valence-electron chi connectivity index (χ3n) is 6.36. The molecule has 162 valence electrons. The molecule has 0 aliphatic carbocycles. The van der Waals surface area contributed by atoms with E-state index in [2.05, 4.69) is 56.9 Å². The van der Waals surface area contributed by atoms with E-state index in [0.29, 0.717) is 12.6 Å². The molecule has 5 rings (SSSR count). The van der Waals surface area contributed by atoms with E-state index < -0.39 is 15.2 Å². The fraction of sp³-hybridized carbons (Fsp3) is 0.375. The zero-order chi connectivity index (χ0) is 21.4. The topological polar surface area (TPSA) is 74.3 Å². The van der Waals surface area contributed by atoms with Gasteiger partial charge in [0.05, 0.1) is 0 Å². The van der Waals surface area contributed by atoms with Gasteiger partial charge in [-0.3, -0.25) is 15.2 Å². The Morgan fingerprint density at radius 2 is 2.13 bits per heavy atom. The molecule has 2 aliphatic heterocycles. The lowest BCUT2D eigenvalue weighted by Crippen LogP contribution is -2.34. The lowest BCUT2D eigenvalue weighted by molar-refractivity contribution is 0.328. The highest BCUT2D eigenvalue weighted by molar-refractivity contribution is 7.90. The molecule has 1 aromatic heterocycles. The predicted molar refractivity (Wildman–Crippen MR) is 125 cm³/mol. The summed E-state index contributed by atoms with van der Waals surface area (Å²) in [5.74, 6) is 0. The summed E-state index contributed by atoms with van der Waals surface area (Å²) < 4.78 is 24.2. The van der Waals surface area contributed by atoms with Gasteiger partial charge in [-0.1, -0.05) is 30.3 Å². The number of benzene rings is 2. The number of hydrogen-bond acceptors (Lipinski definition) is 6. The van der Waals surface area contributed by atoms with Crippen LogP contribution in [0.2, 0.25) is 0 Å². The molecule has 0 spiro atoms. The first kappa shape index (κ1) is 20.4. The van der Waals surface area contributed by atoms with Crippen molar-refractivity contribution >= 4 is 26.3 Å². The Hall–Kier alpha value is -2.48. The molecule has 0 bridgehead atoms. The van der Waals surface area contributed by atoms with Crippen LogP contribution in [-0.4, -0.2) is 50.2 Å². The normalized spacial score (nSPS) is 21.8. The first-order chi connectivity index (χ1) is 15.0. The summed E-state index contributed by atoms with van der Waals surface area (Å²) in [5.41, 5.74) is 4.48. The maximum atomic E-state index is 12.1. The lowest BCUT2D eigenvalue weighted by Gasteiger charge is -2.26. The molecule has 3 heterocycles. The van der Waals surface area contributed by atoms with Crippen LogP contribution in [0.4, 0.5) is 5.69 Å². The standard InChI is InChI=1S/C24H28N4O2S/c1-31(29,30)24-22-6-5-17(13-18(22)7-11-26-24)15-28-12-9-20(16-28)27-23-4-2-3-19-14-25-10-8-21(19)23/h2-6,8,10,13-14,20,24,26-27H,7,9,11-12,15-16H2,1H3. The van der Waals surface area contributed by atoms with Gasteiger partial charge in [-0.2, -0.15) is 0 Å². The van der Waals surface area contributed by atoms with Crippen LogP contribution in [0.25, 0.3) is 10.8 Å². The zero-order valence-electron chi connectivity index (χ0n) is 17.7. The number of aromatic nitrogens is 1. The van der Waals surface area contributed by atoms with Crippen LogP contribution in [0.15, 0.2) is 54.9 Å². The number of nitrogens with zero attached hydrogens (tertiary/aromatic N) is 2. The fourth-order valence-electron chi connectivity index (χ4n) is 4.88. The number of nitrogens with one attached hydrogen (secondary N) is 2. The molecule has 7 heteroatoms. The maximum absolute atomic E-state index is 12.1. The van der Waals surface area contributed by atoms with Crippen LogP contribution in [-0.2, 0) is 22.8 Å². The number of fused-ring (bicyclic) bond motifs is 2. The van der Waals surface area contributed by atoms with Crippen molar-refractivity contribution in [2.24, 2.45) is 0 Å². The van der Waals surface area contributed by atoms with Gasteiger partial charge in [0.25, 0.3) is 0 Å². The number of sulfone groups is 1. The van der Waals surface area contributed by atoms with Crippen LogP contribution in [0.5, 0.6) is 0 Å². The summed E-state index contributed by atoms with van der Waals surface area (Å²) >= 11 is 0. The van der Waals surface area contributed by atoms with Gasteiger partial charge < -0.3 is 5.32 Å². The van der Waals surface area contributed by atoms with Crippen molar-refractivity contribution in [2.75, 3.05) is 31.2 Å². The van der Waals surface area contributed by atoms with Crippen molar-refractivity contribution in [3.63, 3.8) is 0 Å². The summed E-state index contributed by atoms with van der Waals surface area (Å²) in [4.78, 5) is 6.69. The smallest absolute Gasteiger partial charge is 0.167 e. The Labute approximate surface area is 183 Å². The second kappa shape index (κ2) is 8.22. The minimum Gasteiger partial charge on any atom is -0.380 e. The van der Waals surface area contributed by atoms with Crippen LogP contribution in [0.3, 0.4) is 0 Å². The molecule has 1 saturated heterocycles. The first-order valence-corrected chi connectivity index (χ1v) is 12.8. The summed E-state index contributed by atoms with van der Waals surface area (Å²) in [7, 11) is -3.16. The van der Waals surface area contributed by atoms with E-state index in [1.807, 2.05) is 18.5 Å². The number of likely N-dealkylation sites (tertiary alicyclic amines) is 1. The van der Waals surface area contributed by atoms with E-state index in [1.54, 1.807) is 0 Å². The highest BCUT2D eigenvalue weighted by Crippen LogP contribution is 2.29. The molecule has 2 aliphatic rings. The van der Waals surface area contributed by atoms with Crippen LogP contribution in [0.1, 0.15) is 28.5 Å². The quantitative estimate of drug-likeness (QED) is 0.640. The van der Waals surface area contributed by atoms with E-state index in [4.69, 9.17) is 0 Å². The van der Waals surface area contributed by atoms with Gasteiger partial charge in [-0.05, 0) is 41.7 Å². The van der Waals surface area contributed by atoms with Gasteiger partial charge >= 0.3 is 0 Å². The molecule has 0 amide bonds. The summed E-state index contributed by atoms with van der Waals surface area (Å²) in [5, 5.41) is 8.64. The van der Waals surface area contributed by atoms with Crippen LogP contribution < -0.4 is 10.6 Å². The van der Waals surface area contributed by atoms with Gasteiger partial charge in [-0.25, -0.2) is 8.42 Å². The molecule has 2 aromatic carbocycles. The first-order valence-electron chi connectivity index (χ1n) is 10.8. The molecule has 1 fully saturated rings. The Morgan fingerprint density at radius 1 is 1.23 bits per heavy atom. The van der Waals surface area contributed by atoms with E-state index >= 15 is 0 Å². The van der Waals surface area contributed by atoms with Crippen molar-refractivity contribution in [1.82, 2.24) is 15.2 Å². The Balaban J connectivity index is 1.26. The van der Waals surface area contributed by atoms with Crippen molar-refractivity contribution in [3.8, 4) is 0 Å². The number of hydrogen-bond donors (Lipinski definition) is 2. The largest absolute Gasteiger partial charge is 0.380 e. The fourth-order valence-corrected chi connectivity index (χ4v) is 5.99. The summed E-state index contributed by atoms with van der Waals surface area (Å²) in [6.07, 6.45) is 7.02. The van der Waals surface area contributed by atoms with Crippen molar-refractivity contribution in [1.29, 1.82) is 0 Å². The van der Waals surface area contributed by atoms with Gasteiger partial charge in [-0.15, -0.1) is 0 Å². The predicted octanol–water partition coefficient (Wildman–Crippen LogP) is 3.11. The highest BCUT2D eigenvalue weighted by Gasteiger charge is 2.28. The second-order valence-electron chi connectivity index (χ2n) is 8.71. The van der Waals surface area contributed by atoms with Gasteiger partial charge in [0, 0.05) is 67.3 Å². The highest BCUT2D eigenvalue weighted by atomic mass is 32.2. The molecule has 6 nitrogen and oxygen atoms in total. The van der Waals surface area contributed by atoms with E-state index in [1.165, 1.54) is 22.9 Å². The van der Waals surface area contributed by atoms with E-state index in [-0.39, 0.29) is 0 Å². The van der Waals surface area contributed by atoms with E-state index in [9.17, 15) is 8.42 Å². The summed E-state index contributed by atoms with van der Waals surface area (Å²) in [6.45, 7) is 3.63. The van der Waals surface area contributed by atoms with Crippen LogP contribution >= 0.6 is 0 Å². The third-order valence-corrected chi connectivity index (χ3v) is 7.64. The second-order valence-corrected chi connectivity index (χ2v) is 10.8. The minimum atomic E-state index is -3.16. The molecule has 0 radical (unpaired) electrons. The molecule has 3 aromatic rings. The average Bonchev–Trinajstić information content (AvgIpc) is 3.19. The monoisotopic (exact) mass is 436 g/mol. The van der Waals surface area contributed by atoms with Crippen molar-refractivity contribution in [3.05, 3.63) is 71.5 Å². The number of rotatable bonds is 5. The molecule has 2 unspecified atom stereocenters. The minimum absolute atomic E-state index is 0.412. The Morgan fingerprint density at radius 3 is 3.00 bits per heavy atom. The van der Waals surface area contributed by atoms with Crippen LogP contribution in [0, 0.1) is 0 Å².